The lowest BCUT2D eigenvalue weighted by Gasteiger charge is -2.25. The molecule has 1 amide bonds. The molecule has 1 saturated heterocycles. The van der Waals surface area contributed by atoms with Gasteiger partial charge in [0.25, 0.3) is 0 Å². The highest BCUT2D eigenvalue weighted by molar-refractivity contribution is 5.77. The van der Waals surface area contributed by atoms with Gasteiger partial charge in [-0.1, -0.05) is 0 Å². The quantitative estimate of drug-likeness (QED) is 0.921. The molecular weight excluding hydrogens is 335 g/mol. The fourth-order valence-electron chi connectivity index (χ4n) is 3.44. The molecule has 25 heavy (non-hydrogen) atoms. The second kappa shape index (κ2) is 6.20. The van der Waals surface area contributed by atoms with Gasteiger partial charge in [-0.15, -0.1) is 0 Å². The molecule has 1 unspecified atom stereocenters. The van der Waals surface area contributed by atoms with Gasteiger partial charge < -0.3 is 4.90 Å². The van der Waals surface area contributed by atoms with Crippen molar-refractivity contribution in [1.82, 2.24) is 24.9 Å². The smallest absolute Gasteiger partial charge is 0.334 e. The van der Waals surface area contributed by atoms with Crippen LogP contribution < -0.4 is 0 Å². The van der Waals surface area contributed by atoms with E-state index in [4.69, 9.17) is 0 Å². The van der Waals surface area contributed by atoms with Crippen molar-refractivity contribution in [3.05, 3.63) is 34.4 Å². The highest BCUT2D eigenvalue weighted by atomic mass is 19.4. The first kappa shape index (κ1) is 17.5. The first-order chi connectivity index (χ1) is 11.7. The Kier molecular flexibility index (Phi) is 4.34. The van der Waals surface area contributed by atoms with Crippen LogP contribution in [0, 0.1) is 20.8 Å². The second-order valence-electron chi connectivity index (χ2n) is 6.42. The van der Waals surface area contributed by atoms with Crippen molar-refractivity contribution in [3.8, 4) is 0 Å². The lowest BCUT2D eigenvalue weighted by atomic mass is 10.0. The van der Waals surface area contributed by atoms with Gasteiger partial charge in [0.1, 0.15) is 6.54 Å². The molecule has 1 atom stereocenters. The summed E-state index contributed by atoms with van der Waals surface area (Å²) in [6, 6.07) is 0.864. The van der Waals surface area contributed by atoms with Crippen molar-refractivity contribution in [2.75, 3.05) is 6.54 Å². The molecular formula is C16H20F3N5O. The third kappa shape index (κ3) is 3.27. The minimum atomic E-state index is -4.51. The average molecular weight is 355 g/mol. The van der Waals surface area contributed by atoms with E-state index in [1.807, 2.05) is 13.8 Å². The van der Waals surface area contributed by atoms with Crippen LogP contribution in [0.15, 0.2) is 6.07 Å². The number of hydrogen-bond donors (Lipinski definition) is 1. The van der Waals surface area contributed by atoms with Crippen molar-refractivity contribution in [1.29, 1.82) is 0 Å². The van der Waals surface area contributed by atoms with Crippen molar-refractivity contribution >= 4 is 5.91 Å². The van der Waals surface area contributed by atoms with Gasteiger partial charge in [0, 0.05) is 23.5 Å². The fraction of sp³-hybridized carbons (Fsp3) is 0.562. The summed E-state index contributed by atoms with van der Waals surface area (Å²) in [4.78, 5) is 14.4. The number of likely N-dealkylation sites (tertiary alicyclic amines) is 1. The van der Waals surface area contributed by atoms with Crippen LogP contribution >= 0.6 is 0 Å². The summed E-state index contributed by atoms with van der Waals surface area (Å²) < 4.78 is 39.4. The Morgan fingerprint density at radius 3 is 2.64 bits per heavy atom. The molecule has 1 aliphatic heterocycles. The monoisotopic (exact) mass is 355 g/mol. The number of H-pyrrole nitrogens is 1. The first-order valence-corrected chi connectivity index (χ1v) is 8.11. The third-order valence-corrected chi connectivity index (χ3v) is 4.65. The maximum absolute atomic E-state index is 12.8. The fourth-order valence-corrected chi connectivity index (χ4v) is 3.44. The molecule has 1 aliphatic rings. The van der Waals surface area contributed by atoms with Crippen LogP contribution in [0.4, 0.5) is 13.2 Å². The van der Waals surface area contributed by atoms with Crippen LogP contribution in [0.2, 0.25) is 0 Å². The van der Waals surface area contributed by atoms with Crippen LogP contribution in [0.5, 0.6) is 0 Å². The number of carbonyl (C=O) groups excluding carboxylic acids is 1. The van der Waals surface area contributed by atoms with Gasteiger partial charge in [0.15, 0.2) is 5.69 Å². The predicted molar refractivity (Wildman–Crippen MR) is 83.7 cm³/mol. The molecule has 0 spiro atoms. The summed E-state index contributed by atoms with van der Waals surface area (Å²) in [5.41, 5.74) is 2.09. The molecule has 3 heterocycles. The highest BCUT2D eigenvalue weighted by Crippen LogP contribution is 2.35. The zero-order valence-corrected chi connectivity index (χ0v) is 14.3. The molecule has 0 radical (unpaired) electrons. The van der Waals surface area contributed by atoms with Gasteiger partial charge in [-0.2, -0.15) is 23.4 Å². The van der Waals surface area contributed by atoms with E-state index in [0.29, 0.717) is 12.2 Å². The maximum Gasteiger partial charge on any atom is 0.435 e. The van der Waals surface area contributed by atoms with E-state index >= 15 is 0 Å². The Morgan fingerprint density at radius 2 is 2.08 bits per heavy atom. The van der Waals surface area contributed by atoms with E-state index in [0.717, 1.165) is 40.5 Å². The predicted octanol–water partition coefficient (Wildman–Crippen LogP) is 2.91. The topological polar surface area (TPSA) is 66.8 Å². The maximum atomic E-state index is 12.8. The number of carbonyl (C=O) groups is 1. The van der Waals surface area contributed by atoms with Crippen molar-refractivity contribution < 1.29 is 18.0 Å². The summed E-state index contributed by atoms with van der Waals surface area (Å²) in [6.07, 6.45) is -2.84. The molecule has 2 aromatic rings. The number of nitrogens with zero attached hydrogens (tertiary/aromatic N) is 4. The molecule has 1 fully saturated rings. The van der Waals surface area contributed by atoms with Crippen LogP contribution in [0.3, 0.4) is 0 Å². The Labute approximate surface area is 143 Å². The average Bonchev–Trinajstić information content (AvgIpc) is 3.19. The Bertz CT molecular complexity index is 773. The molecule has 6 nitrogen and oxygen atoms in total. The number of aromatic amines is 1. The lowest BCUT2D eigenvalue weighted by molar-refractivity contribution is -0.142. The normalized spacial score (nSPS) is 18.2. The van der Waals surface area contributed by atoms with Crippen molar-refractivity contribution in [2.45, 2.75) is 52.4 Å². The van der Waals surface area contributed by atoms with E-state index in [1.165, 1.54) is 6.92 Å². The SMILES string of the molecule is Cc1n[nH]c(C)c1C1CCCN1C(=O)Cn1nc(C(F)(F)F)cc1C. The number of halogens is 3. The van der Waals surface area contributed by atoms with Crippen LogP contribution in [-0.2, 0) is 17.5 Å². The molecule has 0 aliphatic carbocycles. The summed E-state index contributed by atoms with van der Waals surface area (Å²) in [5, 5.41) is 10.6. The number of aromatic nitrogens is 4. The number of aryl methyl sites for hydroxylation is 3. The summed E-state index contributed by atoms with van der Waals surface area (Å²) in [6.45, 7) is 5.69. The van der Waals surface area contributed by atoms with Gasteiger partial charge in [-0.3, -0.25) is 14.6 Å². The van der Waals surface area contributed by atoms with Crippen molar-refractivity contribution in [3.63, 3.8) is 0 Å². The van der Waals surface area contributed by atoms with Gasteiger partial charge in [0.2, 0.25) is 5.91 Å². The highest BCUT2D eigenvalue weighted by Gasteiger charge is 2.36. The minimum absolute atomic E-state index is 0.0933. The third-order valence-electron chi connectivity index (χ3n) is 4.65. The molecule has 136 valence electrons. The Hall–Kier alpha value is -2.32. The lowest BCUT2D eigenvalue weighted by Crippen LogP contribution is -2.34. The molecule has 1 N–H and O–H groups in total. The molecule has 2 aromatic heterocycles. The molecule has 3 rings (SSSR count). The van der Waals surface area contributed by atoms with Crippen LogP contribution in [-0.4, -0.2) is 37.3 Å². The number of hydrogen-bond acceptors (Lipinski definition) is 3. The van der Waals surface area contributed by atoms with E-state index in [-0.39, 0.29) is 18.5 Å². The zero-order valence-electron chi connectivity index (χ0n) is 14.3. The van der Waals surface area contributed by atoms with Gasteiger partial charge in [-0.25, -0.2) is 0 Å². The standard InChI is InChI=1S/C16H20F3N5O/c1-9-7-13(16(17,18)19)22-24(9)8-14(25)23-6-4-5-12(23)15-10(2)20-21-11(15)3/h7,12H,4-6,8H2,1-3H3,(H,20,21). The van der Waals surface area contributed by atoms with Crippen molar-refractivity contribution in [2.24, 2.45) is 0 Å². The molecule has 0 saturated carbocycles. The van der Waals surface area contributed by atoms with Crippen LogP contribution in [0.25, 0.3) is 0 Å². The summed E-state index contributed by atoms with van der Waals surface area (Å²) >= 11 is 0. The summed E-state index contributed by atoms with van der Waals surface area (Å²) in [7, 11) is 0. The molecule has 0 aromatic carbocycles. The number of nitrogens with one attached hydrogen (secondary N) is 1. The van der Waals surface area contributed by atoms with Gasteiger partial charge in [0.05, 0.1) is 11.7 Å². The number of alkyl halides is 3. The Balaban J connectivity index is 1.80. The number of rotatable bonds is 3. The number of amides is 1. The van der Waals surface area contributed by atoms with Gasteiger partial charge in [-0.05, 0) is 39.7 Å². The van der Waals surface area contributed by atoms with Crippen LogP contribution in [0.1, 0.15) is 47.2 Å². The van der Waals surface area contributed by atoms with E-state index in [9.17, 15) is 18.0 Å². The second-order valence-corrected chi connectivity index (χ2v) is 6.42. The summed E-state index contributed by atoms with van der Waals surface area (Å²) in [5.74, 6) is -0.234. The largest absolute Gasteiger partial charge is 0.435 e. The van der Waals surface area contributed by atoms with Gasteiger partial charge >= 0.3 is 6.18 Å². The van der Waals surface area contributed by atoms with E-state index in [2.05, 4.69) is 15.3 Å². The zero-order chi connectivity index (χ0) is 18.4. The molecule has 0 bridgehead atoms. The van der Waals surface area contributed by atoms with E-state index < -0.39 is 11.9 Å². The van der Waals surface area contributed by atoms with E-state index in [1.54, 1.807) is 4.90 Å². The minimum Gasteiger partial charge on any atom is -0.334 e. The Morgan fingerprint density at radius 1 is 1.36 bits per heavy atom. The first-order valence-electron chi connectivity index (χ1n) is 8.11. The molecule has 9 heteroatoms.